The van der Waals surface area contributed by atoms with Crippen molar-refractivity contribution in [2.24, 2.45) is 0 Å². The predicted octanol–water partition coefficient (Wildman–Crippen LogP) is 6.11. The maximum atomic E-state index is 15.0. The number of benzene rings is 2. The summed E-state index contributed by atoms with van der Waals surface area (Å²) in [5.74, 6) is -0.392. The van der Waals surface area contributed by atoms with Crippen LogP contribution in [0.15, 0.2) is 63.6 Å². The summed E-state index contributed by atoms with van der Waals surface area (Å²) in [6.45, 7) is 10.9. The Morgan fingerprint density at radius 2 is 1.90 bits per heavy atom. The van der Waals surface area contributed by atoms with Crippen LogP contribution in [0.25, 0.3) is 16.6 Å². The molecule has 1 aliphatic heterocycles. The first-order chi connectivity index (χ1) is 20.2. The molecule has 0 bridgehead atoms. The fourth-order valence-corrected chi connectivity index (χ4v) is 4.96. The number of likely N-dealkylation sites (tertiary alicyclic amines) is 1. The van der Waals surface area contributed by atoms with Crippen molar-refractivity contribution in [1.29, 1.82) is 0 Å². The van der Waals surface area contributed by atoms with Gasteiger partial charge in [0.15, 0.2) is 0 Å². The smallest absolute Gasteiger partial charge is 0.331 e. The molecule has 3 N–H and O–H groups in total. The fraction of sp³-hybridized carbons (Fsp3) is 0.345. The molecule has 1 unspecified atom stereocenters. The summed E-state index contributed by atoms with van der Waals surface area (Å²) in [7, 11) is -1.75. The number of nitrogens with zero attached hydrogens (tertiary/aromatic N) is 3. The lowest BCUT2D eigenvalue weighted by Gasteiger charge is -2.26. The van der Waals surface area contributed by atoms with Crippen LogP contribution >= 0.6 is 23.4 Å². The van der Waals surface area contributed by atoms with Gasteiger partial charge in [0, 0.05) is 29.9 Å². The first-order valence-corrected chi connectivity index (χ1v) is 16.2. The van der Waals surface area contributed by atoms with E-state index in [0.29, 0.717) is 16.7 Å². The van der Waals surface area contributed by atoms with Gasteiger partial charge in [-0.15, -0.1) is 11.8 Å². The first-order valence-electron chi connectivity index (χ1n) is 13.4. The number of aryl methyl sites for hydroxylation is 1. The van der Waals surface area contributed by atoms with E-state index >= 15 is 0 Å². The maximum Gasteiger partial charge on any atom is 0.331 e. The van der Waals surface area contributed by atoms with Gasteiger partial charge in [0.2, 0.25) is 0 Å². The summed E-state index contributed by atoms with van der Waals surface area (Å²) < 4.78 is 30.5. The average Bonchev–Trinajstić information content (AvgIpc) is 2.98. The maximum absolute atomic E-state index is 15.0. The summed E-state index contributed by atoms with van der Waals surface area (Å²) in [4.78, 5) is 32.1. The third-order valence-corrected chi connectivity index (χ3v) is 8.45. The van der Waals surface area contributed by atoms with Crippen LogP contribution in [0.4, 0.5) is 20.6 Å². The number of carbonyl (C=O) groups excluding carboxylic acids is 1. The molecule has 2 amide bonds. The second kappa shape index (κ2) is 16.4. The Morgan fingerprint density at radius 3 is 2.52 bits per heavy atom. The molecule has 13 heteroatoms. The fourth-order valence-electron chi connectivity index (χ4n) is 4.41. The van der Waals surface area contributed by atoms with E-state index in [2.05, 4.69) is 31.8 Å². The van der Waals surface area contributed by atoms with E-state index in [0.717, 1.165) is 47.7 Å². The van der Waals surface area contributed by atoms with Gasteiger partial charge in [-0.2, -0.15) is 0 Å². The van der Waals surface area contributed by atoms with Gasteiger partial charge in [0.1, 0.15) is 22.6 Å². The lowest BCUT2D eigenvalue weighted by molar-refractivity contribution is 0.237. The molecular weight excluding hydrogens is 599 g/mol. The summed E-state index contributed by atoms with van der Waals surface area (Å²) in [6.07, 6.45) is 7.62. The Bertz CT molecular complexity index is 1530. The number of aromatic nitrogens is 2. The van der Waals surface area contributed by atoms with Gasteiger partial charge in [0.05, 0.1) is 21.0 Å². The van der Waals surface area contributed by atoms with Crippen molar-refractivity contribution < 1.29 is 13.4 Å². The highest BCUT2D eigenvalue weighted by molar-refractivity contribution is 8.03. The molecule has 0 radical (unpaired) electrons. The molecular formula is C29H36ClFN6O3S2. The number of fused-ring (bicyclic) bond motifs is 1. The van der Waals surface area contributed by atoms with Crippen LogP contribution < -0.4 is 20.9 Å². The number of carbonyl (C=O) groups is 1. The van der Waals surface area contributed by atoms with Crippen LogP contribution in [0.3, 0.4) is 0 Å². The molecule has 1 aromatic heterocycles. The lowest BCUT2D eigenvalue weighted by atomic mass is 10.1. The third-order valence-electron chi connectivity index (χ3n) is 6.46. The van der Waals surface area contributed by atoms with Crippen molar-refractivity contribution in [3.63, 3.8) is 0 Å². The molecule has 0 aliphatic carbocycles. The van der Waals surface area contributed by atoms with Crippen LogP contribution in [-0.4, -0.2) is 57.1 Å². The number of piperidine rings is 1. The van der Waals surface area contributed by atoms with E-state index in [9.17, 15) is 18.2 Å². The number of urea groups is 1. The van der Waals surface area contributed by atoms with Crippen LogP contribution in [0.2, 0.25) is 0 Å². The van der Waals surface area contributed by atoms with Gasteiger partial charge >= 0.3 is 6.03 Å². The van der Waals surface area contributed by atoms with E-state index in [1.807, 2.05) is 31.4 Å². The van der Waals surface area contributed by atoms with E-state index in [4.69, 9.17) is 11.6 Å². The Kier molecular flexibility index (Phi) is 13.0. The number of hydrogen-bond donors (Lipinski definition) is 3. The van der Waals surface area contributed by atoms with E-state index in [1.54, 1.807) is 24.8 Å². The van der Waals surface area contributed by atoms with Crippen LogP contribution in [0, 0.1) is 12.7 Å². The Morgan fingerprint density at radius 1 is 1.19 bits per heavy atom. The summed E-state index contributed by atoms with van der Waals surface area (Å²) >= 11 is 7.03. The van der Waals surface area contributed by atoms with Crippen molar-refractivity contribution in [3.8, 4) is 5.69 Å². The third kappa shape index (κ3) is 9.41. The van der Waals surface area contributed by atoms with E-state index in [-0.39, 0.29) is 11.4 Å². The number of nitrogens with one attached hydrogen (secondary N) is 3. The predicted molar refractivity (Wildman–Crippen MR) is 174 cm³/mol. The van der Waals surface area contributed by atoms with Crippen molar-refractivity contribution in [3.05, 3.63) is 80.8 Å². The second-order valence-electron chi connectivity index (χ2n) is 9.34. The second-order valence-corrected chi connectivity index (χ2v) is 12.0. The largest absolute Gasteiger partial charge is 0.384 e. The molecule has 226 valence electrons. The highest BCUT2D eigenvalue weighted by Gasteiger charge is 2.15. The number of anilines is 2. The van der Waals surface area contributed by atoms with Gasteiger partial charge in [-0.05, 0) is 82.4 Å². The van der Waals surface area contributed by atoms with Gasteiger partial charge in [-0.25, -0.2) is 18.4 Å². The molecule has 2 aromatic carbocycles. The van der Waals surface area contributed by atoms with Crippen LogP contribution in [0.1, 0.15) is 32.0 Å². The monoisotopic (exact) mass is 634 g/mol. The van der Waals surface area contributed by atoms with Gasteiger partial charge < -0.3 is 15.5 Å². The number of rotatable bonds is 9. The van der Waals surface area contributed by atoms with Gasteiger partial charge in [-0.3, -0.25) is 14.1 Å². The molecule has 9 nitrogen and oxygen atoms in total. The molecule has 3 aromatic rings. The number of halogens is 2. The lowest BCUT2D eigenvalue weighted by Crippen LogP contribution is -2.33. The molecule has 1 atom stereocenters. The quantitative estimate of drug-likeness (QED) is 0.261. The Hall–Kier alpha value is -3.19. The normalized spacial score (nSPS) is 14.5. The number of thioether (sulfide) groups is 1. The molecule has 42 heavy (non-hydrogen) atoms. The zero-order chi connectivity index (χ0) is 30.6. The first kappa shape index (κ1) is 33.3. The number of allylic oxidation sites excluding steroid dienone is 1. The van der Waals surface area contributed by atoms with Crippen LogP contribution in [-0.2, 0) is 11.0 Å². The molecule has 0 saturated carbocycles. The molecule has 2 heterocycles. The number of hydrogen-bond acceptors (Lipinski definition) is 7. The molecule has 4 rings (SSSR count). The zero-order valence-electron chi connectivity index (χ0n) is 23.9. The minimum absolute atomic E-state index is 0.0104. The summed E-state index contributed by atoms with van der Waals surface area (Å²) in [5.41, 5.74) is 1.16. The van der Waals surface area contributed by atoms with E-state index < -0.39 is 28.4 Å². The zero-order valence-corrected chi connectivity index (χ0v) is 26.3. The molecule has 1 fully saturated rings. The highest BCUT2D eigenvalue weighted by Crippen LogP contribution is 2.21. The highest BCUT2D eigenvalue weighted by atomic mass is 35.5. The Balaban J connectivity index is 0.000000730. The van der Waals surface area contributed by atoms with Gasteiger partial charge in [0.25, 0.3) is 5.56 Å². The standard InChI is InChI=1S/C25H29FN6O3S.C4H7ClS/c1-3-36(35)30-25(34)29-19-8-10-23(21(26)15-19)32-17(2)28-22-16-18(7-9-20(22)24(32)33)27-11-14-31-12-5-4-6-13-31;1-3-4(5)6-2/h3,7-10,15-16,27H,1,4-6,11-14H2,2H3,(H2,29,30,34);3H,1-2H3/b;4-3-. The summed E-state index contributed by atoms with van der Waals surface area (Å²) in [6, 6.07) is 8.49. The van der Waals surface area contributed by atoms with Crippen molar-refractivity contribution in [2.75, 3.05) is 43.1 Å². The SMILES string of the molecule is C/C=C(/Cl)SC.C=CS(=O)NC(=O)Nc1ccc(-n2c(C)nc3cc(NCCN4CCCCC4)ccc3c2=O)c(F)c1. The Labute approximate surface area is 257 Å². The molecule has 1 saturated heterocycles. The summed E-state index contributed by atoms with van der Waals surface area (Å²) in [5, 5.41) is 7.21. The number of amides is 2. The average molecular weight is 635 g/mol. The van der Waals surface area contributed by atoms with Crippen molar-refractivity contribution >= 4 is 62.7 Å². The molecule has 0 spiro atoms. The minimum Gasteiger partial charge on any atom is -0.384 e. The molecule has 1 aliphatic rings. The minimum atomic E-state index is -1.75. The van der Waals surface area contributed by atoms with Crippen LogP contribution in [0.5, 0.6) is 0 Å². The topological polar surface area (TPSA) is 108 Å². The van der Waals surface area contributed by atoms with Gasteiger partial charge in [-0.1, -0.05) is 30.7 Å². The van der Waals surface area contributed by atoms with E-state index in [1.165, 1.54) is 36.0 Å². The van der Waals surface area contributed by atoms with Crippen molar-refractivity contribution in [2.45, 2.75) is 33.1 Å². The van der Waals surface area contributed by atoms with Crippen molar-refractivity contribution in [1.82, 2.24) is 19.2 Å².